The van der Waals surface area contributed by atoms with Crippen LogP contribution in [0.2, 0.25) is 5.02 Å². The molecular weight excluding hydrogens is 350 g/mol. The Bertz CT molecular complexity index is 820. The predicted molar refractivity (Wildman–Crippen MR) is 105 cm³/mol. The number of hydrogen-bond donors (Lipinski definition) is 2. The van der Waals surface area contributed by atoms with Crippen LogP contribution in [0.25, 0.3) is 0 Å². The maximum atomic E-state index is 12.7. The molecule has 0 saturated carbocycles. The van der Waals surface area contributed by atoms with Crippen molar-refractivity contribution in [1.82, 2.24) is 4.90 Å². The van der Waals surface area contributed by atoms with Gasteiger partial charge in [0.05, 0.1) is 0 Å². The fraction of sp³-hybridized carbons (Fsp3) is 0.300. The number of carbonyl (C=O) groups is 2. The molecule has 0 bridgehead atoms. The van der Waals surface area contributed by atoms with E-state index in [-0.39, 0.29) is 11.9 Å². The highest BCUT2D eigenvalue weighted by molar-refractivity contribution is 6.30. The largest absolute Gasteiger partial charge is 0.324 e. The molecule has 136 valence electrons. The first-order valence-electron chi connectivity index (χ1n) is 8.66. The first-order valence-corrected chi connectivity index (χ1v) is 9.04. The molecule has 3 rings (SSSR count). The van der Waals surface area contributed by atoms with E-state index in [0.29, 0.717) is 23.7 Å². The Hall–Kier alpha value is -2.53. The van der Waals surface area contributed by atoms with Gasteiger partial charge >= 0.3 is 6.03 Å². The van der Waals surface area contributed by atoms with Crippen LogP contribution >= 0.6 is 11.6 Å². The van der Waals surface area contributed by atoms with Crippen LogP contribution in [0.1, 0.15) is 24.0 Å². The zero-order valence-electron chi connectivity index (χ0n) is 14.9. The number of urea groups is 1. The first kappa shape index (κ1) is 18.3. The number of halogens is 1. The number of amides is 3. The van der Waals surface area contributed by atoms with Crippen molar-refractivity contribution in [3.8, 4) is 0 Å². The van der Waals surface area contributed by atoms with Gasteiger partial charge in [-0.3, -0.25) is 4.79 Å². The molecule has 0 aromatic heterocycles. The van der Waals surface area contributed by atoms with Gasteiger partial charge in [-0.25, -0.2) is 4.79 Å². The summed E-state index contributed by atoms with van der Waals surface area (Å²) in [4.78, 5) is 26.9. The van der Waals surface area contributed by atoms with Gasteiger partial charge in [-0.05, 0) is 68.1 Å². The molecule has 2 aromatic carbocycles. The lowest BCUT2D eigenvalue weighted by Crippen LogP contribution is -2.45. The second-order valence-corrected chi connectivity index (χ2v) is 6.96. The van der Waals surface area contributed by atoms with Gasteiger partial charge in [-0.1, -0.05) is 23.7 Å². The maximum Gasteiger partial charge on any atom is 0.322 e. The zero-order chi connectivity index (χ0) is 18.7. The summed E-state index contributed by atoms with van der Waals surface area (Å²) in [5, 5.41) is 6.41. The van der Waals surface area contributed by atoms with E-state index in [1.807, 2.05) is 32.0 Å². The molecule has 2 aromatic rings. The van der Waals surface area contributed by atoms with E-state index in [1.54, 1.807) is 29.2 Å². The Morgan fingerprint density at radius 2 is 1.81 bits per heavy atom. The van der Waals surface area contributed by atoms with Gasteiger partial charge in [0.2, 0.25) is 5.91 Å². The Balaban J connectivity index is 1.68. The summed E-state index contributed by atoms with van der Waals surface area (Å²) in [7, 11) is 0. The molecule has 1 heterocycles. The van der Waals surface area contributed by atoms with E-state index in [2.05, 4.69) is 10.6 Å². The highest BCUT2D eigenvalue weighted by Crippen LogP contribution is 2.23. The first-order chi connectivity index (χ1) is 12.5. The molecule has 1 fully saturated rings. The smallest absolute Gasteiger partial charge is 0.322 e. The number of anilines is 2. The number of benzene rings is 2. The Labute approximate surface area is 158 Å². The van der Waals surface area contributed by atoms with Gasteiger partial charge in [-0.2, -0.15) is 0 Å². The van der Waals surface area contributed by atoms with E-state index in [9.17, 15) is 9.59 Å². The van der Waals surface area contributed by atoms with Gasteiger partial charge in [0, 0.05) is 22.9 Å². The average molecular weight is 372 g/mol. The van der Waals surface area contributed by atoms with E-state index in [0.717, 1.165) is 23.2 Å². The number of nitrogens with one attached hydrogen (secondary N) is 2. The lowest BCUT2D eigenvalue weighted by Gasteiger charge is -2.24. The van der Waals surface area contributed by atoms with E-state index >= 15 is 0 Å². The van der Waals surface area contributed by atoms with Crippen molar-refractivity contribution in [3.05, 3.63) is 58.6 Å². The third-order valence-electron chi connectivity index (χ3n) is 4.77. The van der Waals surface area contributed by atoms with Crippen molar-refractivity contribution >= 4 is 34.9 Å². The molecular formula is C20H22ClN3O2. The monoisotopic (exact) mass is 371 g/mol. The number of carbonyl (C=O) groups excluding carboxylic acids is 2. The van der Waals surface area contributed by atoms with Crippen LogP contribution in [-0.2, 0) is 4.79 Å². The molecule has 1 saturated heterocycles. The van der Waals surface area contributed by atoms with Crippen molar-refractivity contribution in [2.24, 2.45) is 0 Å². The number of aryl methyl sites for hydroxylation is 1. The third-order valence-corrected chi connectivity index (χ3v) is 5.03. The van der Waals surface area contributed by atoms with Gasteiger partial charge < -0.3 is 15.5 Å². The molecule has 0 radical (unpaired) electrons. The van der Waals surface area contributed by atoms with Crippen LogP contribution in [0.3, 0.4) is 0 Å². The van der Waals surface area contributed by atoms with Gasteiger partial charge in [0.1, 0.15) is 6.04 Å². The maximum absolute atomic E-state index is 12.7. The summed E-state index contributed by atoms with van der Waals surface area (Å²) in [5.74, 6) is -0.151. The molecule has 6 heteroatoms. The van der Waals surface area contributed by atoms with E-state index in [4.69, 9.17) is 11.6 Å². The summed E-state index contributed by atoms with van der Waals surface area (Å²) in [6.45, 7) is 4.54. The number of rotatable bonds is 3. The summed E-state index contributed by atoms with van der Waals surface area (Å²) in [5.41, 5.74) is 3.60. The Kier molecular flexibility index (Phi) is 5.47. The topological polar surface area (TPSA) is 61.4 Å². The molecule has 5 nitrogen and oxygen atoms in total. The molecule has 0 spiro atoms. The third kappa shape index (κ3) is 3.99. The van der Waals surface area contributed by atoms with Crippen LogP contribution in [0.15, 0.2) is 42.5 Å². The van der Waals surface area contributed by atoms with E-state index in [1.165, 1.54) is 0 Å². The highest BCUT2D eigenvalue weighted by Gasteiger charge is 2.34. The quantitative estimate of drug-likeness (QED) is 0.828. The minimum absolute atomic E-state index is 0.151. The summed E-state index contributed by atoms with van der Waals surface area (Å²) >= 11 is 5.86. The molecule has 1 aliphatic rings. The van der Waals surface area contributed by atoms with Crippen LogP contribution in [0, 0.1) is 13.8 Å². The van der Waals surface area contributed by atoms with Crippen molar-refractivity contribution in [3.63, 3.8) is 0 Å². The molecule has 1 aliphatic heterocycles. The van der Waals surface area contributed by atoms with Gasteiger partial charge in [-0.15, -0.1) is 0 Å². The predicted octanol–water partition coefficient (Wildman–Crippen LogP) is 4.59. The molecule has 0 aliphatic carbocycles. The van der Waals surface area contributed by atoms with Gasteiger partial charge in [0.15, 0.2) is 0 Å². The van der Waals surface area contributed by atoms with Crippen LogP contribution in [-0.4, -0.2) is 29.4 Å². The number of hydrogen-bond acceptors (Lipinski definition) is 2. The number of nitrogens with zero attached hydrogens (tertiary/aromatic N) is 1. The lowest BCUT2D eigenvalue weighted by atomic mass is 10.1. The van der Waals surface area contributed by atoms with Crippen molar-refractivity contribution in [1.29, 1.82) is 0 Å². The van der Waals surface area contributed by atoms with Crippen LogP contribution in [0.5, 0.6) is 0 Å². The molecule has 26 heavy (non-hydrogen) atoms. The second-order valence-electron chi connectivity index (χ2n) is 6.53. The SMILES string of the molecule is Cc1cccc(NC(=O)[C@@H]2CCCN2C(=O)Nc2ccc(Cl)cc2)c1C. The summed E-state index contributed by atoms with van der Waals surface area (Å²) in [6.07, 6.45) is 1.46. The fourth-order valence-electron chi connectivity index (χ4n) is 3.11. The molecule has 3 amide bonds. The zero-order valence-corrected chi connectivity index (χ0v) is 15.6. The van der Waals surface area contributed by atoms with Crippen molar-refractivity contribution < 1.29 is 9.59 Å². The minimum Gasteiger partial charge on any atom is -0.324 e. The molecule has 2 N–H and O–H groups in total. The van der Waals surface area contributed by atoms with E-state index < -0.39 is 6.04 Å². The average Bonchev–Trinajstić information content (AvgIpc) is 3.11. The molecule has 1 atom stereocenters. The standard InChI is InChI=1S/C20H22ClN3O2/c1-13-5-3-6-17(14(13)2)23-19(25)18-7-4-12-24(18)20(26)22-16-10-8-15(21)9-11-16/h3,5-6,8-11,18H,4,7,12H2,1-2H3,(H,22,26)(H,23,25)/t18-/m0/s1. The highest BCUT2D eigenvalue weighted by atomic mass is 35.5. The normalized spacial score (nSPS) is 16.4. The Morgan fingerprint density at radius 3 is 2.54 bits per heavy atom. The van der Waals surface area contributed by atoms with Crippen molar-refractivity contribution in [2.45, 2.75) is 32.7 Å². The summed E-state index contributed by atoms with van der Waals surface area (Å²) in [6, 6.07) is 12.0. The van der Waals surface area contributed by atoms with Crippen LogP contribution in [0.4, 0.5) is 16.2 Å². The summed E-state index contributed by atoms with van der Waals surface area (Å²) < 4.78 is 0. The minimum atomic E-state index is -0.470. The number of likely N-dealkylation sites (tertiary alicyclic amines) is 1. The van der Waals surface area contributed by atoms with Crippen molar-refractivity contribution in [2.75, 3.05) is 17.2 Å². The Morgan fingerprint density at radius 1 is 1.08 bits per heavy atom. The van der Waals surface area contributed by atoms with Crippen LogP contribution < -0.4 is 10.6 Å². The molecule has 0 unspecified atom stereocenters. The van der Waals surface area contributed by atoms with Gasteiger partial charge in [0.25, 0.3) is 0 Å². The lowest BCUT2D eigenvalue weighted by molar-refractivity contribution is -0.119. The second kappa shape index (κ2) is 7.79. The fourth-order valence-corrected chi connectivity index (χ4v) is 3.24.